The van der Waals surface area contributed by atoms with Crippen molar-refractivity contribution in [3.05, 3.63) is 35.1 Å². The van der Waals surface area contributed by atoms with Crippen LogP contribution in [0.15, 0.2) is 18.2 Å². The van der Waals surface area contributed by atoms with Crippen LogP contribution in [0.2, 0.25) is 0 Å². The summed E-state index contributed by atoms with van der Waals surface area (Å²) in [7, 11) is 0. The van der Waals surface area contributed by atoms with Crippen molar-refractivity contribution in [2.75, 3.05) is 26.2 Å². The Kier molecular flexibility index (Phi) is 6.03. The molecule has 0 aliphatic carbocycles. The molecule has 130 valence electrons. The molecule has 2 rings (SSSR count). The van der Waals surface area contributed by atoms with E-state index in [-0.39, 0.29) is 11.5 Å². The number of piperazine rings is 1. The summed E-state index contributed by atoms with van der Waals surface area (Å²) in [6.45, 7) is 6.81. The summed E-state index contributed by atoms with van der Waals surface area (Å²) in [5, 5.41) is 3.21. The first-order valence-corrected chi connectivity index (χ1v) is 8.16. The zero-order valence-electron chi connectivity index (χ0n) is 13.6. The van der Waals surface area contributed by atoms with Gasteiger partial charge in [0.2, 0.25) is 0 Å². The van der Waals surface area contributed by atoms with Crippen LogP contribution in [0.25, 0.3) is 0 Å². The number of hydrogen-bond donors (Lipinski definition) is 1. The molecule has 0 bridgehead atoms. The van der Waals surface area contributed by atoms with Crippen molar-refractivity contribution in [1.82, 2.24) is 10.2 Å². The van der Waals surface area contributed by atoms with E-state index in [1.807, 2.05) is 13.8 Å². The molecule has 1 unspecified atom stereocenters. The third-order valence-corrected chi connectivity index (χ3v) is 4.47. The van der Waals surface area contributed by atoms with Gasteiger partial charge in [-0.2, -0.15) is 13.2 Å². The molecule has 6 heteroatoms. The minimum Gasteiger partial charge on any atom is -0.314 e. The average molecular weight is 332 g/mol. The molecule has 1 aliphatic heterocycles. The van der Waals surface area contributed by atoms with Gasteiger partial charge < -0.3 is 5.32 Å². The van der Waals surface area contributed by atoms with Crippen molar-refractivity contribution in [2.24, 2.45) is 5.92 Å². The molecule has 0 amide bonds. The largest absolute Gasteiger partial charge is 0.416 e. The van der Waals surface area contributed by atoms with Crippen LogP contribution in [0, 0.1) is 11.7 Å². The van der Waals surface area contributed by atoms with Crippen LogP contribution < -0.4 is 5.32 Å². The zero-order valence-corrected chi connectivity index (χ0v) is 13.6. The summed E-state index contributed by atoms with van der Waals surface area (Å²) in [6, 6.07) is 2.43. The molecule has 1 aromatic rings. The molecule has 1 saturated heterocycles. The second kappa shape index (κ2) is 7.62. The van der Waals surface area contributed by atoms with E-state index < -0.39 is 23.6 Å². The van der Waals surface area contributed by atoms with Crippen LogP contribution in [-0.2, 0) is 6.18 Å². The monoisotopic (exact) mass is 332 g/mol. The Morgan fingerprint density at radius 1 is 1.22 bits per heavy atom. The highest BCUT2D eigenvalue weighted by molar-refractivity contribution is 5.33. The Balaban J connectivity index is 2.47. The molecule has 1 N–H and O–H groups in total. The summed E-state index contributed by atoms with van der Waals surface area (Å²) in [5.74, 6) is -0.585. The summed E-state index contributed by atoms with van der Waals surface area (Å²) in [6.07, 6.45) is -2.77. The third kappa shape index (κ3) is 4.44. The zero-order chi connectivity index (χ0) is 17.0. The Bertz CT molecular complexity index is 510. The predicted octanol–water partition coefficient (Wildman–Crippen LogP) is 4.23. The van der Waals surface area contributed by atoms with E-state index in [1.54, 1.807) is 0 Å². The van der Waals surface area contributed by atoms with Crippen molar-refractivity contribution in [1.29, 1.82) is 0 Å². The maximum Gasteiger partial charge on any atom is 0.416 e. The van der Waals surface area contributed by atoms with Crippen LogP contribution in [0.1, 0.15) is 43.9 Å². The number of nitrogens with one attached hydrogen (secondary N) is 1. The molecule has 23 heavy (non-hydrogen) atoms. The fraction of sp³-hybridized carbons (Fsp3) is 0.647. The van der Waals surface area contributed by atoms with E-state index in [4.69, 9.17) is 0 Å². The number of benzene rings is 1. The molecular formula is C17H24F4N2. The Morgan fingerprint density at radius 2 is 1.87 bits per heavy atom. The van der Waals surface area contributed by atoms with Crippen LogP contribution >= 0.6 is 0 Å². The topological polar surface area (TPSA) is 15.3 Å². The van der Waals surface area contributed by atoms with Crippen molar-refractivity contribution in [2.45, 2.75) is 38.9 Å². The number of nitrogens with zero attached hydrogens (tertiary/aromatic N) is 1. The van der Waals surface area contributed by atoms with Crippen LogP contribution in [0.5, 0.6) is 0 Å². The summed E-state index contributed by atoms with van der Waals surface area (Å²) in [4.78, 5) is 2.06. The smallest absolute Gasteiger partial charge is 0.314 e. The van der Waals surface area contributed by atoms with Crippen LogP contribution in [0.3, 0.4) is 0 Å². The quantitative estimate of drug-likeness (QED) is 0.812. The molecule has 0 spiro atoms. The Morgan fingerprint density at radius 3 is 2.43 bits per heavy atom. The van der Waals surface area contributed by atoms with Gasteiger partial charge in [0, 0.05) is 32.2 Å². The molecule has 1 fully saturated rings. The molecule has 0 saturated carbocycles. The Labute approximate surface area is 134 Å². The minimum atomic E-state index is -4.47. The first kappa shape index (κ1) is 18.2. The third-order valence-electron chi connectivity index (χ3n) is 4.47. The SMILES string of the molecule is CCCC(C)[C@@H](c1cc(F)ccc1C(F)(F)F)N1CCNCC1. The molecule has 0 radical (unpaired) electrons. The van der Waals surface area contributed by atoms with Gasteiger partial charge in [0.25, 0.3) is 0 Å². The van der Waals surface area contributed by atoms with Crippen molar-refractivity contribution in [3.8, 4) is 0 Å². The summed E-state index contributed by atoms with van der Waals surface area (Å²) >= 11 is 0. The Hall–Kier alpha value is -1.14. The molecule has 0 aromatic heterocycles. The van der Waals surface area contributed by atoms with Gasteiger partial charge in [0.15, 0.2) is 0 Å². The predicted molar refractivity (Wildman–Crippen MR) is 82.7 cm³/mol. The van der Waals surface area contributed by atoms with Crippen LogP contribution in [0.4, 0.5) is 17.6 Å². The van der Waals surface area contributed by atoms with Crippen molar-refractivity contribution >= 4 is 0 Å². The van der Waals surface area contributed by atoms with Crippen LogP contribution in [-0.4, -0.2) is 31.1 Å². The maximum atomic E-state index is 13.7. The maximum absolute atomic E-state index is 13.7. The number of halogens is 4. The van der Waals surface area contributed by atoms with Gasteiger partial charge >= 0.3 is 6.18 Å². The average Bonchev–Trinajstić information content (AvgIpc) is 2.47. The number of alkyl halides is 3. The van der Waals surface area contributed by atoms with Gasteiger partial charge in [0.05, 0.1) is 5.56 Å². The normalized spacial score (nSPS) is 19.6. The first-order valence-electron chi connectivity index (χ1n) is 8.16. The lowest BCUT2D eigenvalue weighted by Crippen LogP contribution is -2.47. The fourth-order valence-electron chi connectivity index (χ4n) is 3.47. The second-order valence-electron chi connectivity index (χ2n) is 6.23. The lowest BCUT2D eigenvalue weighted by Gasteiger charge is -2.39. The summed E-state index contributed by atoms with van der Waals surface area (Å²) in [5.41, 5.74) is -0.647. The van der Waals surface area contributed by atoms with Gasteiger partial charge in [-0.15, -0.1) is 0 Å². The van der Waals surface area contributed by atoms with Gasteiger partial charge in [-0.1, -0.05) is 20.3 Å². The summed E-state index contributed by atoms with van der Waals surface area (Å²) < 4.78 is 53.9. The highest BCUT2D eigenvalue weighted by atomic mass is 19.4. The lowest BCUT2D eigenvalue weighted by atomic mass is 9.86. The lowest BCUT2D eigenvalue weighted by molar-refractivity contribution is -0.139. The van der Waals surface area contributed by atoms with E-state index in [0.717, 1.165) is 44.1 Å². The van der Waals surface area contributed by atoms with Crippen molar-refractivity contribution < 1.29 is 17.6 Å². The highest BCUT2D eigenvalue weighted by Gasteiger charge is 2.38. The van der Waals surface area contributed by atoms with Gasteiger partial charge in [-0.25, -0.2) is 4.39 Å². The van der Waals surface area contributed by atoms with Gasteiger partial charge in [-0.05, 0) is 36.1 Å². The minimum absolute atomic E-state index is 0.0287. The van der Waals surface area contributed by atoms with E-state index >= 15 is 0 Å². The molecular weight excluding hydrogens is 308 g/mol. The fourth-order valence-corrected chi connectivity index (χ4v) is 3.47. The molecule has 1 heterocycles. The number of hydrogen-bond acceptors (Lipinski definition) is 2. The van der Waals surface area contributed by atoms with E-state index in [1.165, 1.54) is 0 Å². The van der Waals surface area contributed by atoms with E-state index in [9.17, 15) is 17.6 Å². The second-order valence-corrected chi connectivity index (χ2v) is 6.23. The molecule has 1 aromatic carbocycles. The molecule has 2 nitrogen and oxygen atoms in total. The van der Waals surface area contributed by atoms with E-state index in [0.29, 0.717) is 13.1 Å². The first-order chi connectivity index (χ1) is 10.8. The van der Waals surface area contributed by atoms with Gasteiger partial charge in [-0.3, -0.25) is 4.90 Å². The van der Waals surface area contributed by atoms with Gasteiger partial charge in [0.1, 0.15) is 5.82 Å². The molecule has 2 atom stereocenters. The van der Waals surface area contributed by atoms with Crippen molar-refractivity contribution in [3.63, 3.8) is 0 Å². The standard InChI is InChI=1S/C17H24F4N2/c1-3-4-12(2)16(23-9-7-22-8-10-23)14-11-13(18)5-6-15(14)17(19,20)21/h5-6,11-12,16,22H,3-4,7-10H2,1-2H3/t12?,16-/m0/s1. The molecule has 1 aliphatic rings. The van der Waals surface area contributed by atoms with E-state index in [2.05, 4.69) is 10.2 Å². The number of rotatable bonds is 5. The highest BCUT2D eigenvalue weighted by Crippen LogP contribution is 2.40.